The Kier molecular flexibility index (Phi) is 7.62. The van der Waals surface area contributed by atoms with Gasteiger partial charge in [-0.3, -0.25) is 0 Å². The van der Waals surface area contributed by atoms with Crippen molar-refractivity contribution in [2.75, 3.05) is 0 Å². The summed E-state index contributed by atoms with van der Waals surface area (Å²) in [6.45, 7) is 9.53. The van der Waals surface area contributed by atoms with Gasteiger partial charge in [0.15, 0.2) is 17.5 Å². The molecule has 0 saturated heterocycles. The van der Waals surface area contributed by atoms with Crippen molar-refractivity contribution in [2.24, 2.45) is 0 Å². The Labute approximate surface area is 306 Å². The van der Waals surface area contributed by atoms with Crippen molar-refractivity contribution in [1.29, 1.82) is 0 Å². The van der Waals surface area contributed by atoms with Gasteiger partial charge in [-0.05, 0) is 84.7 Å². The maximum absolute atomic E-state index is 5.12. The number of hydrogen-bond acceptors (Lipinski definition) is 3. The second-order valence-corrected chi connectivity index (χ2v) is 15.6. The number of fused-ring (bicyclic) bond motifs is 4. The quantitative estimate of drug-likeness (QED) is 0.171. The van der Waals surface area contributed by atoms with Crippen molar-refractivity contribution in [3.8, 4) is 56.4 Å². The third-order valence-electron chi connectivity index (χ3n) is 11.2. The Morgan fingerprint density at radius 3 is 1.44 bits per heavy atom. The molecule has 0 aliphatic heterocycles. The maximum atomic E-state index is 5.12. The minimum atomic E-state index is 0.160. The molecule has 3 heteroatoms. The highest BCUT2D eigenvalue weighted by molar-refractivity contribution is 6.08. The monoisotopic (exact) mass is 671 g/mol. The highest BCUT2D eigenvalue weighted by atomic mass is 15.0. The molecule has 0 saturated carbocycles. The molecule has 0 radical (unpaired) electrons. The predicted molar refractivity (Wildman–Crippen MR) is 217 cm³/mol. The molecule has 1 heterocycles. The molecule has 8 aromatic rings. The third-order valence-corrected chi connectivity index (χ3v) is 11.2. The fourth-order valence-electron chi connectivity index (χ4n) is 7.93. The van der Waals surface area contributed by atoms with E-state index in [0.717, 1.165) is 22.3 Å². The van der Waals surface area contributed by atoms with Crippen molar-refractivity contribution < 1.29 is 0 Å². The minimum absolute atomic E-state index is 0.160. The molecule has 0 amide bonds. The van der Waals surface area contributed by atoms with Crippen LogP contribution in [0.3, 0.4) is 0 Å². The molecule has 9 rings (SSSR count). The maximum Gasteiger partial charge on any atom is 0.164 e. The van der Waals surface area contributed by atoms with Crippen LogP contribution in [0.1, 0.15) is 51.7 Å². The highest BCUT2D eigenvalue weighted by Gasteiger charge is 2.37. The summed E-state index contributed by atoms with van der Waals surface area (Å²) in [5, 5.41) is 4.82. The summed E-state index contributed by atoms with van der Waals surface area (Å²) in [4.78, 5) is 15.3. The van der Waals surface area contributed by atoms with E-state index < -0.39 is 0 Å². The molecule has 0 unspecified atom stereocenters. The van der Waals surface area contributed by atoms with E-state index in [1.54, 1.807) is 0 Å². The van der Waals surface area contributed by atoms with E-state index in [1.807, 2.05) is 6.07 Å². The van der Waals surface area contributed by atoms with Crippen molar-refractivity contribution in [3.63, 3.8) is 0 Å². The topological polar surface area (TPSA) is 38.7 Å². The first-order chi connectivity index (χ1) is 25.2. The lowest BCUT2D eigenvalue weighted by atomic mass is 9.63. The summed E-state index contributed by atoms with van der Waals surface area (Å²) in [6, 6.07) is 54.2. The Balaban J connectivity index is 1.14. The molecule has 0 spiro atoms. The van der Waals surface area contributed by atoms with Gasteiger partial charge in [-0.1, -0.05) is 173 Å². The van der Waals surface area contributed by atoms with Gasteiger partial charge in [-0.25, -0.2) is 15.0 Å². The number of hydrogen-bond donors (Lipinski definition) is 0. The van der Waals surface area contributed by atoms with Crippen LogP contribution in [0.2, 0.25) is 0 Å². The lowest BCUT2D eigenvalue weighted by molar-refractivity contribution is 0.332. The van der Waals surface area contributed by atoms with Gasteiger partial charge >= 0.3 is 0 Å². The second-order valence-electron chi connectivity index (χ2n) is 15.6. The van der Waals surface area contributed by atoms with E-state index in [4.69, 9.17) is 15.0 Å². The Morgan fingerprint density at radius 1 is 0.346 bits per heavy atom. The summed E-state index contributed by atoms with van der Waals surface area (Å²) in [6.07, 6.45) is 2.41. The molecule has 52 heavy (non-hydrogen) atoms. The van der Waals surface area contributed by atoms with Gasteiger partial charge in [0.1, 0.15) is 0 Å². The van der Waals surface area contributed by atoms with Crippen LogP contribution in [0.5, 0.6) is 0 Å². The zero-order valence-electron chi connectivity index (χ0n) is 30.2. The van der Waals surface area contributed by atoms with E-state index in [0.29, 0.717) is 17.5 Å². The van der Waals surface area contributed by atoms with Crippen molar-refractivity contribution in [1.82, 2.24) is 15.0 Å². The molecular formula is C49H41N3. The molecule has 0 N–H and O–H groups in total. The Morgan fingerprint density at radius 2 is 0.788 bits per heavy atom. The summed E-state index contributed by atoms with van der Waals surface area (Å²) in [7, 11) is 0. The molecule has 0 atom stereocenters. The van der Waals surface area contributed by atoms with Gasteiger partial charge in [0.2, 0.25) is 0 Å². The number of benzene rings is 7. The van der Waals surface area contributed by atoms with Crippen LogP contribution in [0, 0.1) is 0 Å². The molecule has 3 nitrogen and oxygen atoms in total. The van der Waals surface area contributed by atoms with Crippen LogP contribution in [-0.4, -0.2) is 15.0 Å². The van der Waals surface area contributed by atoms with Crippen molar-refractivity contribution in [2.45, 2.75) is 51.4 Å². The van der Waals surface area contributed by atoms with Gasteiger partial charge in [-0.15, -0.1) is 0 Å². The van der Waals surface area contributed by atoms with Gasteiger partial charge < -0.3 is 0 Å². The Hall–Kier alpha value is -5.93. The van der Waals surface area contributed by atoms with Crippen LogP contribution in [-0.2, 0) is 10.8 Å². The minimum Gasteiger partial charge on any atom is -0.208 e. The van der Waals surface area contributed by atoms with Crippen LogP contribution in [0.25, 0.3) is 78.0 Å². The first-order valence-electron chi connectivity index (χ1n) is 18.3. The van der Waals surface area contributed by atoms with E-state index in [2.05, 4.69) is 173 Å². The molecule has 1 aliphatic carbocycles. The first-order valence-corrected chi connectivity index (χ1v) is 18.3. The van der Waals surface area contributed by atoms with E-state index in [9.17, 15) is 0 Å². The summed E-state index contributed by atoms with van der Waals surface area (Å²) in [5.41, 5.74) is 11.0. The van der Waals surface area contributed by atoms with E-state index in [-0.39, 0.29) is 10.8 Å². The lowest BCUT2D eigenvalue weighted by Crippen LogP contribution is -2.33. The largest absolute Gasteiger partial charge is 0.208 e. The molecule has 0 fully saturated rings. The molecule has 1 aliphatic rings. The molecule has 1 aromatic heterocycles. The summed E-state index contributed by atoms with van der Waals surface area (Å²) >= 11 is 0. The van der Waals surface area contributed by atoms with Gasteiger partial charge in [-0.2, -0.15) is 0 Å². The number of rotatable bonds is 5. The fraction of sp³-hybridized carbons (Fsp3) is 0.163. The highest BCUT2D eigenvalue weighted by Crippen LogP contribution is 2.47. The summed E-state index contributed by atoms with van der Waals surface area (Å²) < 4.78 is 0. The molecule has 252 valence electrons. The first kappa shape index (κ1) is 32.0. The average molecular weight is 672 g/mol. The normalized spacial score (nSPS) is 14.7. The molecule has 0 bridgehead atoms. The van der Waals surface area contributed by atoms with Crippen LogP contribution >= 0.6 is 0 Å². The summed E-state index contributed by atoms with van der Waals surface area (Å²) in [5.74, 6) is 1.97. The van der Waals surface area contributed by atoms with Crippen molar-refractivity contribution >= 4 is 21.5 Å². The van der Waals surface area contributed by atoms with Gasteiger partial charge in [0.25, 0.3) is 0 Å². The van der Waals surface area contributed by atoms with Crippen LogP contribution < -0.4 is 0 Å². The third kappa shape index (κ3) is 5.77. The van der Waals surface area contributed by atoms with Gasteiger partial charge in [0, 0.05) is 16.7 Å². The van der Waals surface area contributed by atoms with E-state index in [1.165, 1.54) is 62.2 Å². The number of nitrogens with zero attached hydrogens (tertiary/aromatic N) is 3. The SMILES string of the molecule is CC1(C)CCC(C)(C)c2cc(-c3ccc(-c4nc(-c5ccc(-c6ccccc6)cc5)nc(-c5ccc6ccc7ccccc7c6c5)n4)cc3)ccc21. The fourth-order valence-corrected chi connectivity index (χ4v) is 7.93. The standard InChI is InChI=1S/C49H41N3/c1-48(2)28-29-49(3,4)44-31-39(26-27-43(44)48)34-16-23-38(24-17-34)46-50-45(37-21-14-33(15-22-37)32-10-6-5-7-11-32)51-47(52-46)40-25-20-36-19-18-35-12-8-9-13-41(35)42(36)30-40/h5-27,30-31H,28-29H2,1-4H3. The zero-order chi connectivity index (χ0) is 35.5. The molecular weight excluding hydrogens is 631 g/mol. The van der Waals surface area contributed by atoms with E-state index >= 15 is 0 Å². The molecule has 7 aromatic carbocycles. The number of aromatic nitrogens is 3. The predicted octanol–water partition coefficient (Wildman–Crippen LogP) is 12.9. The lowest BCUT2D eigenvalue weighted by Gasteiger charge is -2.42. The zero-order valence-corrected chi connectivity index (χ0v) is 30.2. The Bertz CT molecular complexity index is 2600. The van der Waals surface area contributed by atoms with Gasteiger partial charge in [0.05, 0.1) is 0 Å². The van der Waals surface area contributed by atoms with Crippen LogP contribution in [0.15, 0.2) is 152 Å². The average Bonchev–Trinajstić information content (AvgIpc) is 3.19. The smallest absolute Gasteiger partial charge is 0.164 e. The van der Waals surface area contributed by atoms with Crippen molar-refractivity contribution in [3.05, 3.63) is 163 Å². The van der Waals surface area contributed by atoms with Crippen LogP contribution in [0.4, 0.5) is 0 Å². The second kappa shape index (κ2) is 12.4.